The van der Waals surface area contributed by atoms with Gasteiger partial charge in [0.25, 0.3) is 0 Å². The molecule has 116 valence electrons. The van der Waals surface area contributed by atoms with E-state index in [1.807, 2.05) is 18.8 Å². The van der Waals surface area contributed by atoms with Gasteiger partial charge in [-0.05, 0) is 37.0 Å². The molecule has 1 aromatic rings. The van der Waals surface area contributed by atoms with Crippen LogP contribution in [0.1, 0.15) is 18.4 Å². The van der Waals surface area contributed by atoms with Crippen molar-refractivity contribution in [2.45, 2.75) is 19.3 Å². The number of hydrogen-bond donors (Lipinski definition) is 1. The van der Waals surface area contributed by atoms with Crippen molar-refractivity contribution in [2.24, 2.45) is 10.9 Å². The fourth-order valence-electron chi connectivity index (χ4n) is 2.89. The number of benzene rings is 1. The Balaban J connectivity index is 1.77. The first-order valence-electron chi connectivity index (χ1n) is 7.82. The number of aliphatic imine (C=N–C) groups is 1. The first kappa shape index (κ1) is 16.2. The van der Waals surface area contributed by atoms with Crippen LogP contribution in [0, 0.1) is 5.92 Å². The molecule has 4 heteroatoms. The highest BCUT2D eigenvalue weighted by molar-refractivity contribution is 7.98. The van der Waals surface area contributed by atoms with Crippen LogP contribution in [0.4, 0.5) is 0 Å². The minimum atomic E-state index is 0.813. The maximum Gasteiger partial charge on any atom is 0.193 e. The van der Waals surface area contributed by atoms with Crippen molar-refractivity contribution in [3.8, 4) is 0 Å². The average Bonchev–Trinajstić information content (AvgIpc) is 2.54. The summed E-state index contributed by atoms with van der Waals surface area (Å²) in [5.41, 5.74) is 1.47. The van der Waals surface area contributed by atoms with Crippen LogP contribution in [0.5, 0.6) is 0 Å². The molecule has 1 aromatic carbocycles. The Bertz CT molecular complexity index is 425. The molecule has 21 heavy (non-hydrogen) atoms. The second-order valence-electron chi connectivity index (χ2n) is 5.59. The van der Waals surface area contributed by atoms with Crippen molar-refractivity contribution >= 4 is 17.7 Å². The second kappa shape index (κ2) is 8.98. The third kappa shape index (κ3) is 5.27. The van der Waals surface area contributed by atoms with Crippen LogP contribution in [0.3, 0.4) is 0 Å². The van der Waals surface area contributed by atoms with E-state index in [1.54, 1.807) is 0 Å². The van der Waals surface area contributed by atoms with Gasteiger partial charge in [-0.1, -0.05) is 30.3 Å². The highest BCUT2D eigenvalue weighted by Gasteiger charge is 2.21. The standard InChI is InChI=1S/C17H27N3S/c1-18-17(19-10-13-21-2)20-11-8-16(9-12-20)14-15-6-4-3-5-7-15/h3-7,16H,8-14H2,1-2H3,(H,18,19). The maximum atomic E-state index is 4.41. The number of nitrogens with zero attached hydrogens (tertiary/aromatic N) is 2. The molecule has 1 heterocycles. The smallest absolute Gasteiger partial charge is 0.193 e. The van der Waals surface area contributed by atoms with Gasteiger partial charge in [0.1, 0.15) is 0 Å². The van der Waals surface area contributed by atoms with Gasteiger partial charge in [-0.25, -0.2) is 0 Å². The Morgan fingerprint density at radius 1 is 1.29 bits per heavy atom. The van der Waals surface area contributed by atoms with E-state index in [1.165, 1.54) is 24.8 Å². The van der Waals surface area contributed by atoms with Crippen molar-refractivity contribution in [1.82, 2.24) is 10.2 Å². The molecule has 1 aliphatic rings. The molecular weight excluding hydrogens is 278 g/mol. The zero-order valence-electron chi connectivity index (χ0n) is 13.2. The number of hydrogen-bond acceptors (Lipinski definition) is 2. The van der Waals surface area contributed by atoms with Crippen molar-refractivity contribution in [3.05, 3.63) is 35.9 Å². The normalized spacial score (nSPS) is 17.0. The zero-order valence-corrected chi connectivity index (χ0v) is 14.0. The van der Waals surface area contributed by atoms with E-state index in [2.05, 4.69) is 51.8 Å². The molecule has 0 spiro atoms. The second-order valence-corrected chi connectivity index (χ2v) is 6.57. The van der Waals surface area contributed by atoms with Gasteiger partial charge in [0.05, 0.1) is 0 Å². The van der Waals surface area contributed by atoms with Gasteiger partial charge < -0.3 is 10.2 Å². The van der Waals surface area contributed by atoms with Crippen molar-refractivity contribution in [1.29, 1.82) is 0 Å². The molecule has 1 fully saturated rings. The maximum absolute atomic E-state index is 4.41. The van der Waals surface area contributed by atoms with Crippen LogP contribution in [0.2, 0.25) is 0 Å². The van der Waals surface area contributed by atoms with Crippen molar-refractivity contribution in [3.63, 3.8) is 0 Å². The lowest BCUT2D eigenvalue weighted by Gasteiger charge is -2.34. The van der Waals surface area contributed by atoms with Crippen LogP contribution < -0.4 is 5.32 Å². The van der Waals surface area contributed by atoms with E-state index >= 15 is 0 Å². The molecule has 2 rings (SSSR count). The summed E-state index contributed by atoms with van der Waals surface area (Å²) in [6.07, 6.45) is 5.88. The van der Waals surface area contributed by atoms with Crippen LogP contribution >= 0.6 is 11.8 Å². The van der Waals surface area contributed by atoms with Crippen molar-refractivity contribution in [2.75, 3.05) is 38.7 Å². The molecule has 1 saturated heterocycles. The van der Waals surface area contributed by atoms with Crippen LogP contribution in [0.25, 0.3) is 0 Å². The first-order valence-corrected chi connectivity index (χ1v) is 9.21. The molecule has 0 aromatic heterocycles. The average molecular weight is 305 g/mol. The summed E-state index contributed by atoms with van der Waals surface area (Å²) in [5, 5.41) is 3.46. The van der Waals surface area contributed by atoms with Crippen LogP contribution in [-0.4, -0.2) is 49.6 Å². The van der Waals surface area contributed by atoms with Gasteiger partial charge in [-0.3, -0.25) is 4.99 Å². The number of likely N-dealkylation sites (tertiary alicyclic amines) is 1. The molecule has 1 N–H and O–H groups in total. The number of guanidine groups is 1. The summed E-state index contributed by atoms with van der Waals surface area (Å²) in [6.45, 7) is 3.24. The fraction of sp³-hybridized carbons (Fsp3) is 0.588. The third-order valence-corrected chi connectivity index (χ3v) is 4.69. The molecule has 0 aliphatic carbocycles. The van der Waals surface area contributed by atoms with E-state index < -0.39 is 0 Å². The predicted octanol–water partition coefficient (Wildman–Crippen LogP) is 2.88. The van der Waals surface area contributed by atoms with Gasteiger partial charge in [-0.15, -0.1) is 0 Å². The molecule has 0 unspecified atom stereocenters. The molecular formula is C17H27N3S. The quantitative estimate of drug-likeness (QED) is 0.515. The fourth-order valence-corrected chi connectivity index (χ4v) is 3.20. The van der Waals surface area contributed by atoms with Crippen molar-refractivity contribution < 1.29 is 0 Å². The first-order chi connectivity index (χ1) is 10.3. The predicted molar refractivity (Wildman–Crippen MR) is 94.2 cm³/mol. The van der Waals surface area contributed by atoms with E-state index in [0.29, 0.717) is 0 Å². The molecule has 0 saturated carbocycles. The molecule has 0 amide bonds. The number of thioether (sulfide) groups is 1. The summed E-state index contributed by atoms with van der Waals surface area (Å²) in [7, 11) is 1.89. The highest BCUT2D eigenvalue weighted by Crippen LogP contribution is 2.21. The van der Waals surface area contributed by atoms with E-state index in [0.717, 1.165) is 37.3 Å². The topological polar surface area (TPSA) is 27.6 Å². The zero-order chi connectivity index (χ0) is 14.9. The summed E-state index contributed by atoms with van der Waals surface area (Å²) in [6, 6.07) is 10.9. The Morgan fingerprint density at radius 2 is 2.00 bits per heavy atom. The lowest BCUT2D eigenvalue weighted by Crippen LogP contribution is -2.46. The third-order valence-electron chi connectivity index (χ3n) is 4.08. The monoisotopic (exact) mass is 305 g/mol. The molecule has 0 radical (unpaired) electrons. The Morgan fingerprint density at radius 3 is 2.62 bits per heavy atom. The van der Waals surface area contributed by atoms with Crippen LogP contribution in [-0.2, 0) is 6.42 Å². The van der Waals surface area contributed by atoms with E-state index in [9.17, 15) is 0 Å². The molecule has 1 aliphatic heterocycles. The van der Waals surface area contributed by atoms with Crippen LogP contribution in [0.15, 0.2) is 35.3 Å². The summed E-state index contributed by atoms with van der Waals surface area (Å²) in [5.74, 6) is 3.01. The number of rotatable bonds is 5. The number of nitrogens with one attached hydrogen (secondary N) is 1. The summed E-state index contributed by atoms with van der Waals surface area (Å²) >= 11 is 1.87. The van der Waals surface area contributed by atoms with E-state index in [4.69, 9.17) is 0 Å². The van der Waals surface area contributed by atoms with Gasteiger partial charge in [0, 0.05) is 32.4 Å². The summed E-state index contributed by atoms with van der Waals surface area (Å²) in [4.78, 5) is 6.82. The lowest BCUT2D eigenvalue weighted by molar-refractivity contribution is 0.259. The van der Waals surface area contributed by atoms with Gasteiger partial charge in [0.2, 0.25) is 0 Å². The summed E-state index contributed by atoms with van der Waals surface area (Å²) < 4.78 is 0. The van der Waals surface area contributed by atoms with Gasteiger partial charge in [0.15, 0.2) is 5.96 Å². The van der Waals surface area contributed by atoms with E-state index in [-0.39, 0.29) is 0 Å². The SMILES string of the molecule is CN=C(NCCSC)N1CCC(Cc2ccccc2)CC1. The molecule has 0 bridgehead atoms. The molecule has 0 atom stereocenters. The Hall–Kier alpha value is -1.16. The number of piperidine rings is 1. The minimum absolute atomic E-state index is 0.813. The Labute approximate surface area is 133 Å². The largest absolute Gasteiger partial charge is 0.355 e. The van der Waals surface area contributed by atoms with Gasteiger partial charge >= 0.3 is 0 Å². The lowest BCUT2D eigenvalue weighted by atomic mass is 9.90. The van der Waals surface area contributed by atoms with Gasteiger partial charge in [-0.2, -0.15) is 11.8 Å². The minimum Gasteiger partial charge on any atom is -0.355 e. The molecule has 3 nitrogen and oxygen atoms in total. The Kier molecular flexibility index (Phi) is 6.93. The highest BCUT2D eigenvalue weighted by atomic mass is 32.2.